The molecule has 0 spiro atoms. The van der Waals surface area contributed by atoms with Gasteiger partial charge in [-0.15, -0.1) is 0 Å². The molecule has 0 radical (unpaired) electrons. The zero-order valence-electron chi connectivity index (χ0n) is 31.0. The predicted octanol–water partition coefficient (Wildman–Crippen LogP) is 10.4. The SMILES string of the molecule is COc1ccc(C(OC([CH-]OC(C)OCc2cc(Cl)cc(Cl)c2)COP(C)(=O)N(C(C)C)C(C)C)(c2ccccc2)c2ccc(OC)cc2)cc1.[U]. The Bertz CT molecular complexity index is 1640. The van der Waals surface area contributed by atoms with Gasteiger partial charge in [-0.05, 0) is 105 Å². The minimum Gasteiger partial charge on any atom is -0.527 e. The fourth-order valence-electron chi connectivity index (χ4n) is 6.22. The molecule has 4 rings (SSSR count). The Morgan fingerprint density at radius 2 is 1.23 bits per heavy atom. The van der Waals surface area contributed by atoms with Crippen LogP contribution in [0.5, 0.6) is 11.5 Å². The molecule has 3 unspecified atom stereocenters. The Hall–Kier alpha value is -1.86. The number of hydrogen-bond donors (Lipinski definition) is 0. The molecule has 0 saturated carbocycles. The Labute approximate surface area is 343 Å². The molecule has 12 heteroatoms. The smallest absolute Gasteiger partial charge is 0.269 e. The van der Waals surface area contributed by atoms with E-state index >= 15 is 0 Å². The fraction of sp³-hybridized carbons (Fsp3) is 0.375. The Balaban J connectivity index is 0.00000729. The van der Waals surface area contributed by atoms with Crippen molar-refractivity contribution in [3.05, 3.63) is 136 Å². The fourth-order valence-corrected chi connectivity index (χ4v) is 9.02. The van der Waals surface area contributed by atoms with E-state index in [9.17, 15) is 4.57 Å². The molecule has 0 bridgehead atoms. The molecule has 0 aromatic heterocycles. The van der Waals surface area contributed by atoms with Gasteiger partial charge in [0, 0.05) is 59.9 Å². The van der Waals surface area contributed by atoms with Crippen LogP contribution in [0.15, 0.2) is 97.1 Å². The Morgan fingerprint density at radius 3 is 1.69 bits per heavy atom. The van der Waals surface area contributed by atoms with E-state index in [4.69, 9.17) is 51.4 Å². The molecule has 0 amide bonds. The summed E-state index contributed by atoms with van der Waals surface area (Å²) >= 11 is 12.4. The molecule has 0 N–H and O–H groups in total. The maximum absolute atomic E-state index is 14.2. The van der Waals surface area contributed by atoms with E-state index in [1.165, 1.54) is 0 Å². The van der Waals surface area contributed by atoms with Crippen LogP contribution in [-0.2, 0) is 35.5 Å². The number of ether oxygens (including phenoxy) is 5. The first kappa shape index (κ1) is 44.5. The summed E-state index contributed by atoms with van der Waals surface area (Å²) in [7, 11) is -0.0349. The topological polar surface area (TPSA) is 75.7 Å². The van der Waals surface area contributed by atoms with E-state index in [0.29, 0.717) is 21.5 Å². The number of nitrogens with zero attached hydrogens (tertiary/aromatic N) is 1. The van der Waals surface area contributed by atoms with Gasteiger partial charge < -0.3 is 28.2 Å². The largest absolute Gasteiger partial charge is 0.527 e. The number of benzene rings is 4. The maximum atomic E-state index is 14.2. The number of halogens is 2. The summed E-state index contributed by atoms with van der Waals surface area (Å²) in [4.78, 5) is 0. The summed E-state index contributed by atoms with van der Waals surface area (Å²) in [6, 6.07) is 30.6. The van der Waals surface area contributed by atoms with Crippen molar-refractivity contribution in [2.45, 2.75) is 71.3 Å². The first-order chi connectivity index (χ1) is 24.3. The van der Waals surface area contributed by atoms with Gasteiger partial charge in [0.2, 0.25) is 0 Å². The van der Waals surface area contributed by atoms with Gasteiger partial charge in [-0.3, -0.25) is 4.57 Å². The summed E-state index contributed by atoms with van der Waals surface area (Å²) in [6.07, 6.45) is -1.55. The van der Waals surface area contributed by atoms with Crippen LogP contribution in [0, 0.1) is 37.7 Å². The third kappa shape index (κ3) is 11.8. The summed E-state index contributed by atoms with van der Waals surface area (Å²) in [5.41, 5.74) is 2.11. The first-order valence-corrected chi connectivity index (χ1v) is 19.7. The molecule has 0 saturated heterocycles. The van der Waals surface area contributed by atoms with E-state index in [0.717, 1.165) is 22.3 Å². The van der Waals surface area contributed by atoms with Crippen LogP contribution in [0.1, 0.15) is 56.9 Å². The van der Waals surface area contributed by atoms with Crippen molar-refractivity contribution in [2.24, 2.45) is 0 Å². The van der Waals surface area contributed by atoms with Crippen molar-refractivity contribution < 1.29 is 63.9 Å². The molecule has 4 aromatic rings. The summed E-state index contributed by atoms with van der Waals surface area (Å²) < 4.78 is 52.9. The van der Waals surface area contributed by atoms with E-state index in [1.807, 2.05) is 111 Å². The Kier molecular flexibility index (Phi) is 17.7. The normalized spacial score (nSPS) is 14.2. The minimum absolute atomic E-state index is 0. The van der Waals surface area contributed by atoms with Gasteiger partial charge in [-0.1, -0.05) is 77.8 Å². The van der Waals surface area contributed by atoms with Gasteiger partial charge in [-0.2, -0.15) is 6.61 Å². The van der Waals surface area contributed by atoms with Crippen molar-refractivity contribution >= 4 is 30.7 Å². The van der Waals surface area contributed by atoms with Crippen LogP contribution in [0.3, 0.4) is 0 Å². The second kappa shape index (κ2) is 20.7. The van der Waals surface area contributed by atoms with Gasteiger partial charge in [0.25, 0.3) is 7.52 Å². The molecule has 0 heterocycles. The minimum atomic E-state index is -3.29. The standard InChI is InChI=1S/C40H49Cl2NO7P.U/c1-28(2)43(29(3)4)51(8,44)49-27-39(26-48-30(5)47-25-31-22-35(41)24-36(42)23-31)50-40(32-12-10-9-11-13-32,33-14-18-37(45-6)19-15-33)34-16-20-38(46-7)21-17-34;/h9-24,26,28-30,39H,25,27H2,1-8H3;/q-1;. The molecule has 0 aliphatic heterocycles. The van der Waals surface area contributed by atoms with Gasteiger partial charge in [0.05, 0.1) is 27.4 Å². The zero-order chi connectivity index (χ0) is 37.2. The summed E-state index contributed by atoms with van der Waals surface area (Å²) in [5, 5.41) is 1.03. The second-order valence-corrected chi connectivity index (χ2v) is 16.0. The van der Waals surface area contributed by atoms with Crippen LogP contribution < -0.4 is 9.47 Å². The molecule has 52 heavy (non-hydrogen) atoms. The van der Waals surface area contributed by atoms with Crippen LogP contribution in [0.25, 0.3) is 0 Å². The quantitative estimate of drug-likeness (QED) is 0.0398. The van der Waals surface area contributed by atoms with Crippen molar-refractivity contribution in [1.29, 1.82) is 0 Å². The average molecular weight is 996 g/mol. The second-order valence-electron chi connectivity index (χ2n) is 12.8. The van der Waals surface area contributed by atoms with Gasteiger partial charge >= 0.3 is 0 Å². The van der Waals surface area contributed by atoms with Gasteiger partial charge in [-0.25, -0.2) is 4.67 Å². The third-order valence-electron chi connectivity index (χ3n) is 8.29. The summed E-state index contributed by atoms with van der Waals surface area (Å²) in [6.45, 7) is 13.1. The van der Waals surface area contributed by atoms with Crippen molar-refractivity contribution in [3.8, 4) is 11.5 Å². The van der Waals surface area contributed by atoms with Gasteiger partial charge in [0.1, 0.15) is 23.4 Å². The average Bonchev–Trinajstić information content (AvgIpc) is 3.10. The number of hydrogen-bond acceptors (Lipinski definition) is 7. The Morgan fingerprint density at radius 1 is 0.750 bits per heavy atom. The molecular weight excluding hydrogens is 946 g/mol. The van der Waals surface area contributed by atoms with Crippen LogP contribution in [0.4, 0.5) is 0 Å². The zero-order valence-corrected chi connectivity index (χ0v) is 37.6. The van der Waals surface area contributed by atoms with Crippen LogP contribution in [-0.4, -0.2) is 56.6 Å². The van der Waals surface area contributed by atoms with E-state index in [2.05, 4.69) is 0 Å². The van der Waals surface area contributed by atoms with E-state index in [1.54, 1.807) is 52.6 Å². The predicted molar refractivity (Wildman–Crippen MR) is 205 cm³/mol. The van der Waals surface area contributed by atoms with Crippen molar-refractivity contribution in [3.63, 3.8) is 0 Å². The molecule has 4 aromatic carbocycles. The first-order valence-electron chi connectivity index (χ1n) is 16.9. The van der Waals surface area contributed by atoms with Crippen molar-refractivity contribution in [1.82, 2.24) is 4.67 Å². The van der Waals surface area contributed by atoms with Crippen LogP contribution in [0.2, 0.25) is 10.0 Å². The molecule has 280 valence electrons. The van der Waals surface area contributed by atoms with Crippen molar-refractivity contribution in [2.75, 3.05) is 27.5 Å². The maximum Gasteiger partial charge on any atom is 0.269 e. The molecule has 8 nitrogen and oxygen atoms in total. The molecular formula is C40H49Cl2NO7PU-. The molecule has 0 aliphatic rings. The molecule has 0 aliphatic carbocycles. The molecule has 3 atom stereocenters. The summed E-state index contributed by atoms with van der Waals surface area (Å²) in [5.74, 6) is 1.40. The van der Waals surface area contributed by atoms with Gasteiger partial charge in [0.15, 0.2) is 0 Å². The third-order valence-corrected chi connectivity index (χ3v) is 11.1. The monoisotopic (exact) mass is 994 g/mol. The number of rotatable bonds is 19. The van der Waals surface area contributed by atoms with E-state index < -0.39 is 25.5 Å². The molecule has 0 fully saturated rings. The van der Waals surface area contributed by atoms with E-state index in [-0.39, 0.29) is 56.4 Å². The number of methoxy groups -OCH3 is 2. The van der Waals surface area contributed by atoms with Crippen LogP contribution >= 0.6 is 30.7 Å².